The number of carbonyl (C=O) groups excluding carboxylic acids is 2. The molecule has 0 aliphatic carbocycles. The highest BCUT2D eigenvalue weighted by Crippen LogP contribution is 2.19. The first kappa shape index (κ1) is 15.7. The van der Waals surface area contributed by atoms with Crippen molar-refractivity contribution in [2.24, 2.45) is 0 Å². The summed E-state index contributed by atoms with van der Waals surface area (Å²) < 4.78 is 5.45. The Hall–Kier alpha value is -1.40. The van der Waals surface area contributed by atoms with E-state index in [1.807, 2.05) is 6.07 Å². The van der Waals surface area contributed by atoms with Crippen LogP contribution in [0.2, 0.25) is 0 Å². The molecule has 0 saturated carbocycles. The molecule has 6 heteroatoms. The summed E-state index contributed by atoms with van der Waals surface area (Å²) in [4.78, 5) is 24.3. The zero-order valence-corrected chi connectivity index (χ0v) is 12.8. The SMILES string of the molecule is COC(=O)c1ccc(CNCC(=O)N(C)C)c(Br)c1. The summed E-state index contributed by atoms with van der Waals surface area (Å²) in [6.45, 7) is 0.819. The predicted molar refractivity (Wildman–Crippen MR) is 75.9 cm³/mol. The van der Waals surface area contributed by atoms with Gasteiger partial charge in [0.05, 0.1) is 19.2 Å². The van der Waals surface area contributed by atoms with Crippen LogP contribution in [0.5, 0.6) is 0 Å². The van der Waals surface area contributed by atoms with E-state index in [-0.39, 0.29) is 18.4 Å². The van der Waals surface area contributed by atoms with E-state index >= 15 is 0 Å². The molecule has 5 nitrogen and oxygen atoms in total. The number of hydrogen-bond donors (Lipinski definition) is 1. The number of nitrogens with one attached hydrogen (secondary N) is 1. The van der Waals surface area contributed by atoms with Gasteiger partial charge >= 0.3 is 5.97 Å². The van der Waals surface area contributed by atoms with Crippen LogP contribution in [0.3, 0.4) is 0 Å². The minimum absolute atomic E-state index is 0.0160. The van der Waals surface area contributed by atoms with Gasteiger partial charge in [-0.1, -0.05) is 22.0 Å². The third-order valence-electron chi connectivity index (χ3n) is 2.56. The van der Waals surface area contributed by atoms with Crippen molar-refractivity contribution in [3.63, 3.8) is 0 Å². The van der Waals surface area contributed by atoms with Gasteiger partial charge in [0.15, 0.2) is 0 Å². The van der Waals surface area contributed by atoms with Gasteiger partial charge in [0.2, 0.25) is 5.91 Å². The summed E-state index contributed by atoms with van der Waals surface area (Å²) in [5.74, 6) is -0.356. The van der Waals surface area contributed by atoms with Gasteiger partial charge in [0, 0.05) is 25.1 Å². The second-order valence-corrected chi connectivity index (χ2v) is 5.04. The molecule has 104 valence electrons. The Morgan fingerprint density at radius 3 is 2.58 bits per heavy atom. The Morgan fingerprint density at radius 2 is 2.05 bits per heavy atom. The highest BCUT2D eigenvalue weighted by molar-refractivity contribution is 9.10. The molecule has 0 heterocycles. The number of amides is 1. The van der Waals surface area contributed by atoms with Crippen molar-refractivity contribution in [3.05, 3.63) is 33.8 Å². The Morgan fingerprint density at radius 1 is 1.37 bits per heavy atom. The van der Waals surface area contributed by atoms with E-state index in [0.717, 1.165) is 10.0 Å². The third-order valence-corrected chi connectivity index (χ3v) is 3.30. The normalized spacial score (nSPS) is 10.1. The van der Waals surface area contributed by atoms with Gasteiger partial charge in [-0.2, -0.15) is 0 Å². The topological polar surface area (TPSA) is 58.6 Å². The van der Waals surface area contributed by atoms with Crippen LogP contribution in [0.15, 0.2) is 22.7 Å². The van der Waals surface area contributed by atoms with Crippen LogP contribution in [0.25, 0.3) is 0 Å². The molecule has 0 fully saturated rings. The number of likely N-dealkylation sites (N-methyl/N-ethyl adjacent to an activating group) is 1. The number of rotatable bonds is 5. The summed E-state index contributed by atoms with van der Waals surface area (Å²) in [6, 6.07) is 5.22. The maximum atomic E-state index is 11.4. The summed E-state index contributed by atoms with van der Waals surface area (Å²) >= 11 is 3.40. The van der Waals surface area contributed by atoms with E-state index in [1.54, 1.807) is 26.2 Å². The van der Waals surface area contributed by atoms with Crippen LogP contribution in [0.1, 0.15) is 15.9 Å². The fraction of sp³-hybridized carbons (Fsp3) is 0.385. The van der Waals surface area contributed by atoms with Gasteiger partial charge in [-0.15, -0.1) is 0 Å². The zero-order valence-electron chi connectivity index (χ0n) is 11.2. The summed E-state index contributed by atoms with van der Waals surface area (Å²) in [5.41, 5.74) is 1.46. The number of ether oxygens (including phenoxy) is 1. The number of nitrogens with zero attached hydrogens (tertiary/aromatic N) is 1. The van der Waals surface area contributed by atoms with Gasteiger partial charge in [-0.25, -0.2) is 4.79 Å². The van der Waals surface area contributed by atoms with E-state index < -0.39 is 0 Å². The largest absolute Gasteiger partial charge is 0.465 e. The molecule has 1 N–H and O–H groups in total. The lowest BCUT2D eigenvalue weighted by molar-refractivity contribution is -0.127. The molecule has 1 aromatic carbocycles. The molecule has 19 heavy (non-hydrogen) atoms. The molecule has 0 radical (unpaired) electrons. The summed E-state index contributed by atoms with van der Waals surface area (Å²) in [6.07, 6.45) is 0. The standard InChI is InChI=1S/C13H17BrN2O3/c1-16(2)12(17)8-15-7-10-5-4-9(6-11(10)14)13(18)19-3/h4-6,15H,7-8H2,1-3H3. The molecule has 0 atom stereocenters. The van der Waals surface area contributed by atoms with E-state index in [9.17, 15) is 9.59 Å². The molecular weight excluding hydrogens is 312 g/mol. The molecular formula is C13H17BrN2O3. The average molecular weight is 329 g/mol. The lowest BCUT2D eigenvalue weighted by Gasteiger charge is -2.12. The molecule has 1 aromatic rings. The zero-order chi connectivity index (χ0) is 14.4. The number of carbonyl (C=O) groups is 2. The highest BCUT2D eigenvalue weighted by atomic mass is 79.9. The quantitative estimate of drug-likeness (QED) is 0.830. The van der Waals surface area contributed by atoms with Gasteiger partial charge in [0.1, 0.15) is 0 Å². The molecule has 0 bridgehead atoms. The van der Waals surface area contributed by atoms with E-state index in [0.29, 0.717) is 12.1 Å². The summed E-state index contributed by atoms with van der Waals surface area (Å²) in [5, 5.41) is 3.05. The van der Waals surface area contributed by atoms with Crippen molar-refractivity contribution in [3.8, 4) is 0 Å². The third kappa shape index (κ3) is 4.65. The minimum Gasteiger partial charge on any atom is -0.465 e. The molecule has 0 aliphatic heterocycles. The average Bonchev–Trinajstić information content (AvgIpc) is 2.39. The Labute approximate surface area is 121 Å². The maximum absolute atomic E-state index is 11.4. The number of benzene rings is 1. The molecule has 0 spiro atoms. The minimum atomic E-state index is -0.372. The Bertz CT molecular complexity index is 475. The van der Waals surface area contributed by atoms with Crippen LogP contribution in [-0.2, 0) is 16.1 Å². The van der Waals surface area contributed by atoms with E-state index in [2.05, 4.69) is 26.0 Å². The van der Waals surface area contributed by atoms with Crippen LogP contribution in [0.4, 0.5) is 0 Å². The van der Waals surface area contributed by atoms with E-state index in [1.165, 1.54) is 12.0 Å². The van der Waals surface area contributed by atoms with Crippen LogP contribution in [-0.4, -0.2) is 44.5 Å². The van der Waals surface area contributed by atoms with Gasteiger partial charge in [-0.05, 0) is 17.7 Å². The fourth-order valence-corrected chi connectivity index (χ4v) is 1.92. The van der Waals surface area contributed by atoms with Gasteiger partial charge in [0.25, 0.3) is 0 Å². The van der Waals surface area contributed by atoms with Gasteiger partial charge in [-0.3, -0.25) is 4.79 Å². The molecule has 0 unspecified atom stereocenters. The number of halogens is 1. The second-order valence-electron chi connectivity index (χ2n) is 4.19. The van der Waals surface area contributed by atoms with Crippen molar-refractivity contribution in [1.82, 2.24) is 10.2 Å². The first-order valence-corrected chi connectivity index (χ1v) is 6.52. The number of hydrogen-bond acceptors (Lipinski definition) is 4. The van der Waals surface area contributed by atoms with Crippen molar-refractivity contribution >= 4 is 27.8 Å². The van der Waals surface area contributed by atoms with E-state index in [4.69, 9.17) is 0 Å². The molecule has 1 amide bonds. The van der Waals surface area contributed by atoms with Crippen molar-refractivity contribution in [1.29, 1.82) is 0 Å². The number of methoxy groups -OCH3 is 1. The van der Waals surface area contributed by atoms with Crippen LogP contribution < -0.4 is 5.32 Å². The lowest BCUT2D eigenvalue weighted by atomic mass is 10.1. The van der Waals surface area contributed by atoms with Crippen molar-refractivity contribution in [2.45, 2.75) is 6.54 Å². The van der Waals surface area contributed by atoms with Crippen molar-refractivity contribution < 1.29 is 14.3 Å². The first-order valence-electron chi connectivity index (χ1n) is 5.73. The predicted octanol–water partition coefficient (Wildman–Crippen LogP) is 1.41. The molecule has 0 saturated heterocycles. The van der Waals surface area contributed by atoms with Crippen LogP contribution in [0, 0.1) is 0 Å². The molecule has 0 aliphatic rings. The smallest absolute Gasteiger partial charge is 0.337 e. The molecule has 0 aromatic heterocycles. The van der Waals surface area contributed by atoms with Crippen LogP contribution >= 0.6 is 15.9 Å². The van der Waals surface area contributed by atoms with Gasteiger partial charge < -0.3 is 15.0 Å². The lowest BCUT2D eigenvalue weighted by Crippen LogP contribution is -2.32. The maximum Gasteiger partial charge on any atom is 0.337 e. The summed E-state index contributed by atoms with van der Waals surface area (Å²) in [7, 11) is 4.77. The first-order chi connectivity index (χ1) is 8.95. The monoisotopic (exact) mass is 328 g/mol. The fourth-order valence-electron chi connectivity index (χ4n) is 1.40. The molecule has 1 rings (SSSR count). The second kappa shape index (κ2) is 7.25. The Balaban J connectivity index is 2.61. The van der Waals surface area contributed by atoms with Crippen molar-refractivity contribution in [2.75, 3.05) is 27.7 Å². The highest BCUT2D eigenvalue weighted by Gasteiger charge is 2.09. The Kier molecular flexibility index (Phi) is 5.98. The number of esters is 1.